The van der Waals surface area contributed by atoms with Crippen molar-refractivity contribution in [3.63, 3.8) is 0 Å². The number of aromatic nitrogens is 1. The number of fused-ring (bicyclic) bond motifs is 1. The first-order chi connectivity index (χ1) is 11.9. The molecule has 0 aliphatic heterocycles. The van der Waals surface area contributed by atoms with Crippen LogP contribution in [0.5, 0.6) is 0 Å². The van der Waals surface area contributed by atoms with E-state index in [2.05, 4.69) is 16.4 Å². The van der Waals surface area contributed by atoms with Crippen LogP contribution in [0.15, 0.2) is 42.5 Å². The number of aryl methyl sites for hydroxylation is 2. The van der Waals surface area contributed by atoms with Crippen LogP contribution in [-0.2, 0) is 0 Å². The molecule has 0 aliphatic carbocycles. The number of hydrogen-bond acceptors (Lipinski definition) is 2. The molecule has 0 saturated carbocycles. The number of hydrogen-bond donors (Lipinski definition) is 2. The number of H-pyrrole nitrogens is 1. The molecule has 1 unspecified atom stereocenters. The molecule has 25 heavy (non-hydrogen) atoms. The third kappa shape index (κ3) is 3.33. The zero-order valence-electron chi connectivity index (χ0n) is 14.9. The minimum atomic E-state index is -0.195. The standard InChI is InChI=1S/C21H22N2O2/c1-12-8-9-19-18(10-12)13(2)20(23-19)21(25)22-14(3)16-6-5-7-17(11-16)15(4)24/h5-11,14,23H,1-4H3,(H,22,25). The van der Waals surface area contributed by atoms with Crippen molar-refractivity contribution in [2.75, 3.05) is 0 Å². The molecule has 1 aromatic heterocycles. The van der Waals surface area contributed by atoms with Crippen molar-refractivity contribution in [1.82, 2.24) is 10.3 Å². The van der Waals surface area contributed by atoms with Gasteiger partial charge in [0.15, 0.2) is 5.78 Å². The van der Waals surface area contributed by atoms with E-state index in [-0.39, 0.29) is 17.7 Å². The molecular formula is C21H22N2O2. The van der Waals surface area contributed by atoms with E-state index in [4.69, 9.17) is 0 Å². The third-order valence-corrected chi connectivity index (χ3v) is 4.58. The number of amides is 1. The molecule has 0 radical (unpaired) electrons. The van der Waals surface area contributed by atoms with Crippen molar-refractivity contribution < 1.29 is 9.59 Å². The highest BCUT2D eigenvalue weighted by molar-refractivity contribution is 6.01. The van der Waals surface area contributed by atoms with E-state index in [1.165, 1.54) is 6.92 Å². The summed E-state index contributed by atoms with van der Waals surface area (Å²) in [6.45, 7) is 7.45. The average molecular weight is 334 g/mol. The van der Waals surface area contributed by atoms with Gasteiger partial charge in [0.1, 0.15) is 5.69 Å². The van der Waals surface area contributed by atoms with Crippen molar-refractivity contribution >= 4 is 22.6 Å². The van der Waals surface area contributed by atoms with Gasteiger partial charge in [0, 0.05) is 16.5 Å². The molecule has 3 rings (SSSR count). The molecule has 3 aromatic rings. The van der Waals surface area contributed by atoms with Gasteiger partial charge in [-0.1, -0.05) is 29.8 Å². The van der Waals surface area contributed by atoms with Crippen LogP contribution in [-0.4, -0.2) is 16.7 Å². The number of nitrogens with one attached hydrogen (secondary N) is 2. The lowest BCUT2D eigenvalue weighted by atomic mass is 10.0. The molecule has 0 aliphatic rings. The summed E-state index contributed by atoms with van der Waals surface area (Å²) < 4.78 is 0. The van der Waals surface area contributed by atoms with Crippen LogP contribution in [0.1, 0.15) is 57.4 Å². The van der Waals surface area contributed by atoms with Crippen LogP contribution in [0.3, 0.4) is 0 Å². The van der Waals surface area contributed by atoms with E-state index in [0.717, 1.165) is 27.6 Å². The van der Waals surface area contributed by atoms with Gasteiger partial charge >= 0.3 is 0 Å². The fourth-order valence-electron chi connectivity index (χ4n) is 3.05. The lowest BCUT2D eigenvalue weighted by Crippen LogP contribution is -2.27. The smallest absolute Gasteiger partial charge is 0.268 e. The fourth-order valence-corrected chi connectivity index (χ4v) is 3.05. The SMILES string of the molecule is CC(=O)c1cccc(C(C)NC(=O)c2[nH]c3ccc(C)cc3c2C)c1. The summed E-state index contributed by atoms with van der Waals surface area (Å²) in [5.41, 5.74) is 5.20. The monoisotopic (exact) mass is 334 g/mol. The minimum absolute atomic E-state index is 0.0159. The molecule has 4 heteroatoms. The highest BCUT2D eigenvalue weighted by atomic mass is 16.2. The van der Waals surface area contributed by atoms with Gasteiger partial charge in [-0.15, -0.1) is 0 Å². The molecule has 0 bridgehead atoms. The maximum absolute atomic E-state index is 12.7. The second-order valence-electron chi connectivity index (χ2n) is 6.55. The summed E-state index contributed by atoms with van der Waals surface area (Å²) in [5, 5.41) is 4.08. The first-order valence-electron chi connectivity index (χ1n) is 8.37. The van der Waals surface area contributed by atoms with Gasteiger partial charge < -0.3 is 10.3 Å². The Morgan fingerprint density at radius 1 is 1.08 bits per heavy atom. The molecule has 1 heterocycles. The topological polar surface area (TPSA) is 62.0 Å². The van der Waals surface area contributed by atoms with Crippen molar-refractivity contribution in [2.24, 2.45) is 0 Å². The van der Waals surface area contributed by atoms with E-state index in [0.29, 0.717) is 11.3 Å². The van der Waals surface area contributed by atoms with Crippen LogP contribution < -0.4 is 5.32 Å². The van der Waals surface area contributed by atoms with Crippen LogP contribution in [0.2, 0.25) is 0 Å². The maximum atomic E-state index is 12.7. The molecule has 0 spiro atoms. The summed E-state index contributed by atoms with van der Waals surface area (Å²) in [5.74, 6) is -0.130. The van der Waals surface area contributed by atoms with Crippen LogP contribution in [0.4, 0.5) is 0 Å². The van der Waals surface area contributed by atoms with E-state index >= 15 is 0 Å². The Morgan fingerprint density at radius 3 is 2.56 bits per heavy atom. The summed E-state index contributed by atoms with van der Waals surface area (Å²) in [6.07, 6.45) is 0. The Hall–Kier alpha value is -2.88. The Labute approximate surface area is 147 Å². The zero-order chi connectivity index (χ0) is 18.1. The Bertz CT molecular complexity index is 969. The summed E-state index contributed by atoms with van der Waals surface area (Å²) in [6, 6.07) is 13.3. The second-order valence-corrected chi connectivity index (χ2v) is 6.55. The number of Topliss-reactive ketones (excluding diaryl/α,β-unsaturated/α-hetero) is 1. The van der Waals surface area contributed by atoms with E-state index < -0.39 is 0 Å². The maximum Gasteiger partial charge on any atom is 0.268 e. The number of carbonyl (C=O) groups is 2. The Morgan fingerprint density at radius 2 is 1.84 bits per heavy atom. The first-order valence-corrected chi connectivity index (χ1v) is 8.37. The summed E-state index contributed by atoms with van der Waals surface area (Å²) in [4.78, 5) is 27.5. The van der Waals surface area contributed by atoms with E-state index in [9.17, 15) is 9.59 Å². The number of rotatable bonds is 4. The first kappa shape index (κ1) is 17.0. The van der Waals surface area contributed by atoms with Gasteiger partial charge in [0.25, 0.3) is 5.91 Å². The molecule has 1 amide bonds. The van der Waals surface area contributed by atoms with Crippen LogP contribution in [0.25, 0.3) is 10.9 Å². The van der Waals surface area contributed by atoms with E-state index in [1.54, 1.807) is 6.07 Å². The molecule has 1 atom stereocenters. The number of benzene rings is 2. The van der Waals surface area contributed by atoms with Gasteiger partial charge in [-0.25, -0.2) is 0 Å². The van der Waals surface area contributed by atoms with Crippen LogP contribution >= 0.6 is 0 Å². The predicted molar refractivity (Wildman–Crippen MR) is 100 cm³/mol. The van der Waals surface area contributed by atoms with Crippen molar-refractivity contribution in [3.05, 3.63) is 70.4 Å². The molecule has 4 nitrogen and oxygen atoms in total. The zero-order valence-corrected chi connectivity index (χ0v) is 14.9. The molecular weight excluding hydrogens is 312 g/mol. The van der Waals surface area contributed by atoms with Crippen molar-refractivity contribution in [3.8, 4) is 0 Å². The quantitative estimate of drug-likeness (QED) is 0.691. The molecule has 0 saturated heterocycles. The molecule has 0 fully saturated rings. The van der Waals surface area contributed by atoms with Crippen molar-refractivity contribution in [2.45, 2.75) is 33.7 Å². The van der Waals surface area contributed by atoms with Gasteiger partial charge in [-0.05, 0) is 57.0 Å². The van der Waals surface area contributed by atoms with Gasteiger partial charge in [-0.2, -0.15) is 0 Å². The highest BCUT2D eigenvalue weighted by Crippen LogP contribution is 2.23. The van der Waals surface area contributed by atoms with Gasteiger partial charge in [0.2, 0.25) is 0 Å². The number of aromatic amines is 1. The lowest BCUT2D eigenvalue weighted by molar-refractivity contribution is 0.0934. The summed E-state index contributed by atoms with van der Waals surface area (Å²) in [7, 11) is 0. The Balaban J connectivity index is 1.86. The molecule has 2 aromatic carbocycles. The lowest BCUT2D eigenvalue weighted by Gasteiger charge is -2.15. The van der Waals surface area contributed by atoms with E-state index in [1.807, 2.05) is 51.1 Å². The van der Waals surface area contributed by atoms with Crippen molar-refractivity contribution in [1.29, 1.82) is 0 Å². The molecule has 2 N–H and O–H groups in total. The van der Waals surface area contributed by atoms with Gasteiger partial charge in [0.05, 0.1) is 6.04 Å². The predicted octanol–water partition coefficient (Wildman–Crippen LogP) is 4.48. The number of carbonyl (C=O) groups excluding carboxylic acids is 2. The molecule has 128 valence electrons. The summed E-state index contributed by atoms with van der Waals surface area (Å²) >= 11 is 0. The minimum Gasteiger partial charge on any atom is -0.350 e. The van der Waals surface area contributed by atoms with Crippen LogP contribution in [0, 0.1) is 13.8 Å². The number of ketones is 1. The average Bonchev–Trinajstić information content (AvgIpc) is 2.91. The third-order valence-electron chi connectivity index (χ3n) is 4.58. The Kier molecular flexibility index (Phi) is 4.45. The normalized spacial score (nSPS) is 12.2. The second kappa shape index (κ2) is 6.55. The fraction of sp³-hybridized carbons (Fsp3) is 0.238. The van der Waals surface area contributed by atoms with Gasteiger partial charge in [-0.3, -0.25) is 9.59 Å². The highest BCUT2D eigenvalue weighted by Gasteiger charge is 2.17. The largest absolute Gasteiger partial charge is 0.350 e.